The van der Waals surface area contributed by atoms with Crippen LogP contribution in [0.4, 0.5) is 5.95 Å². The van der Waals surface area contributed by atoms with E-state index in [1.54, 1.807) is 25.5 Å². The summed E-state index contributed by atoms with van der Waals surface area (Å²) < 4.78 is 1.13. The second kappa shape index (κ2) is 9.43. The van der Waals surface area contributed by atoms with Crippen molar-refractivity contribution in [1.29, 1.82) is 0 Å². The maximum absolute atomic E-state index is 12.5. The van der Waals surface area contributed by atoms with Crippen LogP contribution >= 0.6 is 22.6 Å². The Bertz CT molecular complexity index is 1040. The van der Waals surface area contributed by atoms with E-state index in [0.29, 0.717) is 36.1 Å². The van der Waals surface area contributed by atoms with Crippen LogP contribution in [0.5, 0.6) is 0 Å². The molecule has 0 N–H and O–H groups in total. The molecule has 146 valence electrons. The zero-order valence-electron chi connectivity index (χ0n) is 16.1. The average molecular weight is 498 g/mol. The lowest BCUT2D eigenvalue weighted by atomic mass is 10.2. The molecule has 1 aliphatic heterocycles. The van der Waals surface area contributed by atoms with E-state index >= 15 is 0 Å². The third-order valence-electron chi connectivity index (χ3n) is 4.27. The number of likely N-dealkylation sites (N-methyl/N-ethyl adjacent to an activating group) is 2. The number of carbonyl (C=O) groups excluding carboxylic acids is 1. The average Bonchev–Trinajstić information content (AvgIpc) is 3.00. The first kappa shape index (κ1) is 20.7. The minimum absolute atomic E-state index is 0.175. The first-order valence-electron chi connectivity index (χ1n) is 8.87. The van der Waals surface area contributed by atoms with Gasteiger partial charge in [0.2, 0.25) is 12.5 Å². The summed E-state index contributed by atoms with van der Waals surface area (Å²) in [5.74, 6) is 0.943. The van der Waals surface area contributed by atoms with Crippen LogP contribution in [0, 0.1) is 10.1 Å². The van der Waals surface area contributed by atoms with Gasteiger partial charge in [0.05, 0.1) is 6.54 Å². The highest BCUT2D eigenvalue weighted by atomic mass is 127. The summed E-state index contributed by atoms with van der Waals surface area (Å²) in [7, 11) is 3.54. The number of hydrogen-bond acceptors (Lipinski definition) is 5. The van der Waals surface area contributed by atoms with Crippen LogP contribution in [-0.2, 0) is 4.79 Å². The molecule has 29 heavy (non-hydrogen) atoms. The number of halogens is 1. The fraction of sp³-hybridized carbons (Fsp3) is 0.190. The van der Waals surface area contributed by atoms with Crippen LogP contribution in [0.15, 0.2) is 53.4 Å². The molecule has 7 nitrogen and oxygen atoms in total. The van der Waals surface area contributed by atoms with Crippen molar-refractivity contribution in [2.75, 3.05) is 32.1 Å². The molecule has 1 aliphatic rings. The summed E-state index contributed by atoms with van der Waals surface area (Å²) in [5.41, 5.74) is 2.10. The standard InChI is InChI=1S/C21H19IN6O/c1-23-10-11-27(2)21-24-13-15(14-25-21)12-18-20(29)28(3)19(26-18)9-8-16-6-4-5-7-17(16)22/h4-9,12-14H,10-11H2,2-3H3/b9-8+,18-12-. The lowest BCUT2D eigenvalue weighted by Crippen LogP contribution is -2.26. The Morgan fingerprint density at radius 1 is 1.24 bits per heavy atom. The number of amides is 1. The molecule has 2 aromatic rings. The summed E-state index contributed by atoms with van der Waals surface area (Å²) >= 11 is 2.27. The van der Waals surface area contributed by atoms with Crippen molar-refractivity contribution in [1.82, 2.24) is 14.9 Å². The van der Waals surface area contributed by atoms with E-state index in [1.165, 1.54) is 4.90 Å². The van der Waals surface area contributed by atoms with Gasteiger partial charge < -0.3 is 9.74 Å². The van der Waals surface area contributed by atoms with Gasteiger partial charge in [0, 0.05) is 35.6 Å². The van der Waals surface area contributed by atoms with Gasteiger partial charge in [-0.3, -0.25) is 9.69 Å². The monoisotopic (exact) mass is 498 g/mol. The van der Waals surface area contributed by atoms with Crippen molar-refractivity contribution in [2.24, 2.45) is 4.99 Å². The summed E-state index contributed by atoms with van der Waals surface area (Å²) in [5, 5.41) is 0. The third-order valence-corrected chi connectivity index (χ3v) is 5.25. The van der Waals surface area contributed by atoms with Crippen LogP contribution in [0.3, 0.4) is 0 Å². The van der Waals surface area contributed by atoms with Crippen LogP contribution in [0.25, 0.3) is 17.0 Å². The number of carbonyl (C=O) groups is 1. The molecule has 0 unspecified atom stereocenters. The molecule has 0 aliphatic carbocycles. The fourth-order valence-electron chi connectivity index (χ4n) is 2.60. The second-order valence-electron chi connectivity index (χ2n) is 6.34. The van der Waals surface area contributed by atoms with Crippen LogP contribution < -0.4 is 4.90 Å². The van der Waals surface area contributed by atoms with Crippen LogP contribution in [0.1, 0.15) is 11.1 Å². The quantitative estimate of drug-likeness (QED) is 0.348. The highest BCUT2D eigenvalue weighted by Crippen LogP contribution is 2.19. The SMILES string of the molecule is [C-]#[N+]CCN(C)c1ncc(/C=C2N=C(/C=C/c3ccccc3I)N(C)C\2=O)cn1. The Labute approximate surface area is 183 Å². The van der Waals surface area contributed by atoms with Crippen molar-refractivity contribution in [3.8, 4) is 0 Å². The Kier molecular flexibility index (Phi) is 6.72. The van der Waals surface area contributed by atoms with Gasteiger partial charge in [-0.15, -0.1) is 0 Å². The van der Waals surface area contributed by atoms with Crippen molar-refractivity contribution in [2.45, 2.75) is 0 Å². The molecule has 0 fully saturated rings. The number of benzene rings is 1. The maximum Gasteiger partial charge on any atom is 0.277 e. The molecule has 3 rings (SSSR count). The zero-order chi connectivity index (χ0) is 20.8. The van der Waals surface area contributed by atoms with Gasteiger partial charge in [0.15, 0.2) is 0 Å². The van der Waals surface area contributed by atoms with E-state index in [2.05, 4.69) is 42.4 Å². The molecule has 0 bridgehead atoms. The predicted molar refractivity (Wildman–Crippen MR) is 123 cm³/mol. The summed E-state index contributed by atoms with van der Waals surface area (Å²) in [6.07, 6.45) is 8.75. The third kappa shape index (κ3) is 5.06. The van der Waals surface area contributed by atoms with Gasteiger partial charge in [0.25, 0.3) is 5.91 Å². The number of anilines is 1. The van der Waals surface area contributed by atoms with Crippen molar-refractivity contribution in [3.63, 3.8) is 0 Å². The summed E-state index contributed by atoms with van der Waals surface area (Å²) in [6.45, 7) is 7.81. The normalized spacial score (nSPS) is 15.1. The number of aromatic nitrogens is 2. The van der Waals surface area contributed by atoms with Gasteiger partial charge in [-0.05, 0) is 46.4 Å². The number of aliphatic imine (C=N–C) groups is 1. The lowest BCUT2D eigenvalue weighted by molar-refractivity contribution is -0.121. The van der Waals surface area contributed by atoms with E-state index in [4.69, 9.17) is 6.57 Å². The minimum atomic E-state index is -0.175. The van der Waals surface area contributed by atoms with Gasteiger partial charge in [-0.25, -0.2) is 21.5 Å². The molecule has 0 atom stereocenters. The largest absolute Gasteiger partial charge is 0.336 e. The number of hydrogen-bond donors (Lipinski definition) is 0. The number of rotatable bonds is 6. The fourth-order valence-corrected chi connectivity index (χ4v) is 3.17. The Balaban J connectivity index is 1.78. The van der Waals surface area contributed by atoms with Crippen LogP contribution in [-0.4, -0.2) is 53.8 Å². The molecule has 1 amide bonds. The van der Waals surface area contributed by atoms with Gasteiger partial charge in [0.1, 0.15) is 11.5 Å². The molecule has 1 aromatic carbocycles. The minimum Gasteiger partial charge on any atom is -0.336 e. The van der Waals surface area contributed by atoms with E-state index in [0.717, 1.165) is 9.13 Å². The molecule has 0 saturated carbocycles. The smallest absolute Gasteiger partial charge is 0.277 e. The van der Waals surface area contributed by atoms with Gasteiger partial charge >= 0.3 is 0 Å². The van der Waals surface area contributed by atoms with Crippen LogP contribution in [0.2, 0.25) is 0 Å². The highest BCUT2D eigenvalue weighted by Gasteiger charge is 2.25. The molecule has 0 spiro atoms. The number of nitrogens with zero attached hydrogens (tertiary/aromatic N) is 6. The molecule has 0 radical (unpaired) electrons. The maximum atomic E-state index is 12.5. The van der Waals surface area contributed by atoms with E-state index in [-0.39, 0.29) is 5.91 Å². The first-order valence-corrected chi connectivity index (χ1v) is 9.95. The second-order valence-corrected chi connectivity index (χ2v) is 7.50. The van der Waals surface area contributed by atoms with Gasteiger partial charge in [-0.1, -0.05) is 24.3 Å². The molecule has 0 saturated heterocycles. The molecular formula is C21H19IN6O. The molecule has 1 aromatic heterocycles. The topological polar surface area (TPSA) is 66.1 Å². The van der Waals surface area contributed by atoms with E-state index < -0.39 is 0 Å². The van der Waals surface area contributed by atoms with E-state index in [1.807, 2.05) is 48.4 Å². The van der Waals surface area contributed by atoms with Gasteiger partial charge in [-0.2, -0.15) is 0 Å². The zero-order valence-corrected chi connectivity index (χ0v) is 18.2. The van der Waals surface area contributed by atoms with Crippen molar-refractivity contribution < 1.29 is 4.79 Å². The summed E-state index contributed by atoms with van der Waals surface area (Å²) in [6, 6.07) is 8.00. The van der Waals surface area contributed by atoms with Crippen molar-refractivity contribution >= 4 is 52.4 Å². The van der Waals surface area contributed by atoms with Crippen molar-refractivity contribution in [3.05, 3.63) is 74.5 Å². The predicted octanol–water partition coefficient (Wildman–Crippen LogP) is 3.36. The Morgan fingerprint density at radius 3 is 2.66 bits per heavy atom. The Morgan fingerprint density at radius 2 is 1.97 bits per heavy atom. The molecular weight excluding hydrogens is 479 g/mol. The molecule has 8 heteroatoms. The Hall–Kier alpha value is -3.06. The molecule has 2 heterocycles. The lowest BCUT2D eigenvalue weighted by Gasteiger charge is -2.13. The number of amidine groups is 1. The summed E-state index contributed by atoms with van der Waals surface area (Å²) in [4.78, 5) is 32.2. The van der Waals surface area contributed by atoms with E-state index in [9.17, 15) is 4.79 Å². The first-order chi connectivity index (χ1) is 14.0. The highest BCUT2D eigenvalue weighted by molar-refractivity contribution is 14.1.